The second-order valence-corrected chi connectivity index (χ2v) is 6.42. The highest BCUT2D eigenvalue weighted by Crippen LogP contribution is 2.44. The van der Waals surface area contributed by atoms with E-state index < -0.39 is 0 Å². The van der Waals surface area contributed by atoms with Gasteiger partial charge in [-0.3, -0.25) is 4.79 Å². The van der Waals surface area contributed by atoms with E-state index in [1.165, 1.54) is 25.7 Å². The molecule has 98 valence electrons. The van der Waals surface area contributed by atoms with E-state index in [1.54, 1.807) is 18.0 Å². The third-order valence-electron chi connectivity index (χ3n) is 3.76. The molecule has 2 aliphatic rings. The molecule has 1 aromatic rings. The summed E-state index contributed by atoms with van der Waals surface area (Å²) in [5.74, 6) is 3.10. The Morgan fingerprint density at radius 2 is 2.11 bits per heavy atom. The van der Waals surface area contributed by atoms with E-state index in [-0.39, 0.29) is 5.91 Å². The maximum Gasteiger partial charge on any atom is 0.230 e. The predicted molar refractivity (Wildman–Crippen MR) is 71.5 cm³/mol. The lowest BCUT2D eigenvalue weighted by Crippen LogP contribution is -2.39. The number of furan rings is 1. The molecule has 0 aromatic carbocycles. The zero-order chi connectivity index (χ0) is 12.5. The molecule has 2 fully saturated rings. The van der Waals surface area contributed by atoms with Gasteiger partial charge in [0, 0.05) is 10.9 Å². The summed E-state index contributed by atoms with van der Waals surface area (Å²) in [5.41, 5.74) is 0. The van der Waals surface area contributed by atoms with Crippen molar-refractivity contribution in [2.75, 3.05) is 5.75 Å². The molecule has 4 heteroatoms. The van der Waals surface area contributed by atoms with Gasteiger partial charge in [0.1, 0.15) is 5.76 Å². The molecule has 1 aromatic heterocycles. The first-order valence-corrected chi connectivity index (χ1v) is 7.69. The van der Waals surface area contributed by atoms with E-state index in [0.29, 0.717) is 11.8 Å². The number of carbonyl (C=O) groups is 1. The number of thioether (sulfide) groups is 1. The highest BCUT2D eigenvalue weighted by molar-refractivity contribution is 8.00. The number of amides is 1. The van der Waals surface area contributed by atoms with Gasteiger partial charge in [0.05, 0.1) is 12.0 Å². The van der Waals surface area contributed by atoms with Gasteiger partial charge in [0.2, 0.25) is 5.91 Å². The number of hydrogen-bond donors (Lipinski definition) is 1. The third kappa shape index (κ3) is 2.91. The first kappa shape index (κ1) is 12.2. The summed E-state index contributed by atoms with van der Waals surface area (Å²) in [6, 6.07) is 2.38. The molecule has 18 heavy (non-hydrogen) atoms. The number of carbonyl (C=O) groups excluding carboxylic acids is 1. The van der Waals surface area contributed by atoms with Crippen LogP contribution in [0.2, 0.25) is 0 Å². The van der Waals surface area contributed by atoms with Crippen LogP contribution >= 0.6 is 11.8 Å². The van der Waals surface area contributed by atoms with E-state index in [2.05, 4.69) is 5.32 Å². The van der Waals surface area contributed by atoms with Gasteiger partial charge in [-0.15, -0.1) is 11.8 Å². The minimum atomic E-state index is 0.171. The second kappa shape index (κ2) is 5.00. The van der Waals surface area contributed by atoms with E-state index >= 15 is 0 Å². The Balaban J connectivity index is 1.47. The maximum absolute atomic E-state index is 12.0. The summed E-state index contributed by atoms with van der Waals surface area (Å²) in [4.78, 5) is 13.0. The predicted octanol–water partition coefficient (Wildman–Crippen LogP) is 2.98. The van der Waals surface area contributed by atoms with Crippen LogP contribution in [-0.4, -0.2) is 17.7 Å². The fraction of sp³-hybridized carbons (Fsp3) is 0.643. The van der Waals surface area contributed by atoms with E-state index in [0.717, 1.165) is 22.5 Å². The molecule has 0 saturated heterocycles. The Hall–Kier alpha value is -0.900. The molecule has 0 unspecified atom stereocenters. The van der Waals surface area contributed by atoms with Crippen LogP contribution in [0.3, 0.4) is 0 Å². The minimum absolute atomic E-state index is 0.171. The van der Waals surface area contributed by atoms with Gasteiger partial charge in [-0.1, -0.05) is 0 Å². The Bertz CT molecular complexity index is 423. The normalized spacial score (nSPS) is 19.2. The molecule has 3 nitrogen and oxygen atoms in total. The van der Waals surface area contributed by atoms with Crippen LogP contribution in [-0.2, 0) is 4.79 Å². The van der Waals surface area contributed by atoms with Crippen LogP contribution in [0.4, 0.5) is 0 Å². The van der Waals surface area contributed by atoms with Crippen molar-refractivity contribution in [1.29, 1.82) is 0 Å². The highest BCUT2D eigenvalue weighted by Gasteiger charge is 2.42. The van der Waals surface area contributed by atoms with Gasteiger partial charge >= 0.3 is 0 Å². The summed E-state index contributed by atoms with van der Waals surface area (Å²) < 4.78 is 5.22. The second-order valence-electron chi connectivity index (χ2n) is 5.40. The number of rotatable bonds is 6. The molecule has 0 radical (unpaired) electrons. The fourth-order valence-electron chi connectivity index (χ4n) is 2.43. The molecule has 2 aliphatic carbocycles. The standard InChI is InChI=1S/C14H19NO2S/c1-9-12(6-7-17-9)18-8-13(16)15-14(10-2-3-10)11-4-5-11/h6-7,10-11,14H,2-5,8H2,1H3,(H,15,16). The fourth-order valence-corrected chi connectivity index (χ4v) is 3.20. The average Bonchev–Trinajstić information content (AvgIpc) is 3.24. The third-order valence-corrected chi connectivity index (χ3v) is 4.90. The Morgan fingerprint density at radius 1 is 1.44 bits per heavy atom. The van der Waals surface area contributed by atoms with Crippen LogP contribution in [0.1, 0.15) is 31.4 Å². The lowest BCUT2D eigenvalue weighted by Gasteiger charge is -2.17. The van der Waals surface area contributed by atoms with Crippen molar-refractivity contribution < 1.29 is 9.21 Å². The minimum Gasteiger partial charge on any atom is -0.468 e. The van der Waals surface area contributed by atoms with Gasteiger partial charge in [0.15, 0.2) is 0 Å². The topological polar surface area (TPSA) is 42.2 Å². The molecule has 2 saturated carbocycles. The van der Waals surface area contributed by atoms with Gasteiger partial charge in [-0.05, 0) is 50.5 Å². The number of aryl methyl sites for hydroxylation is 1. The molecule has 3 rings (SSSR count). The van der Waals surface area contributed by atoms with E-state index in [9.17, 15) is 4.79 Å². The van der Waals surface area contributed by atoms with E-state index in [1.807, 2.05) is 13.0 Å². The van der Waals surface area contributed by atoms with Gasteiger partial charge < -0.3 is 9.73 Å². The van der Waals surface area contributed by atoms with Crippen LogP contribution in [0.15, 0.2) is 21.6 Å². The van der Waals surface area contributed by atoms with Crippen molar-refractivity contribution in [1.82, 2.24) is 5.32 Å². The summed E-state index contributed by atoms with van der Waals surface area (Å²) in [5, 5.41) is 3.23. The Morgan fingerprint density at radius 3 is 2.61 bits per heavy atom. The molecular formula is C14H19NO2S. The molecule has 1 heterocycles. The smallest absolute Gasteiger partial charge is 0.230 e. The van der Waals surface area contributed by atoms with Crippen LogP contribution in [0.5, 0.6) is 0 Å². The van der Waals surface area contributed by atoms with Crippen molar-refractivity contribution in [3.05, 3.63) is 18.1 Å². The van der Waals surface area contributed by atoms with E-state index in [4.69, 9.17) is 4.42 Å². The lowest BCUT2D eigenvalue weighted by atomic mass is 10.1. The largest absolute Gasteiger partial charge is 0.468 e. The first-order valence-electron chi connectivity index (χ1n) is 6.70. The van der Waals surface area contributed by atoms with Crippen molar-refractivity contribution >= 4 is 17.7 Å². The van der Waals surface area contributed by atoms with Crippen molar-refractivity contribution in [2.24, 2.45) is 11.8 Å². The summed E-state index contributed by atoms with van der Waals surface area (Å²) in [7, 11) is 0. The van der Waals surface area contributed by atoms with Crippen molar-refractivity contribution in [3.8, 4) is 0 Å². The average molecular weight is 265 g/mol. The highest BCUT2D eigenvalue weighted by atomic mass is 32.2. The molecule has 1 N–H and O–H groups in total. The van der Waals surface area contributed by atoms with Crippen LogP contribution in [0.25, 0.3) is 0 Å². The quantitative estimate of drug-likeness (QED) is 0.804. The molecule has 0 aliphatic heterocycles. The zero-order valence-electron chi connectivity index (χ0n) is 10.6. The van der Waals surface area contributed by atoms with Gasteiger partial charge in [-0.2, -0.15) is 0 Å². The summed E-state index contributed by atoms with van der Waals surface area (Å²) >= 11 is 1.56. The van der Waals surface area contributed by atoms with Crippen molar-refractivity contribution in [3.63, 3.8) is 0 Å². The maximum atomic E-state index is 12.0. The molecule has 0 bridgehead atoms. The Kier molecular flexibility index (Phi) is 3.37. The monoisotopic (exact) mass is 265 g/mol. The molecule has 1 amide bonds. The van der Waals surface area contributed by atoms with Crippen molar-refractivity contribution in [2.45, 2.75) is 43.5 Å². The van der Waals surface area contributed by atoms with Gasteiger partial charge in [0.25, 0.3) is 0 Å². The summed E-state index contributed by atoms with van der Waals surface area (Å²) in [6.07, 6.45) is 6.88. The molecular weight excluding hydrogens is 246 g/mol. The van der Waals surface area contributed by atoms with Crippen LogP contribution in [0, 0.1) is 18.8 Å². The first-order chi connectivity index (χ1) is 8.74. The summed E-state index contributed by atoms with van der Waals surface area (Å²) in [6.45, 7) is 1.93. The Labute approximate surface area is 112 Å². The van der Waals surface area contributed by atoms with Crippen LogP contribution < -0.4 is 5.32 Å². The lowest BCUT2D eigenvalue weighted by molar-refractivity contribution is -0.119. The SMILES string of the molecule is Cc1occc1SCC(=O)NC(C1CC1)C1CC1. The number of hydrogen-bond acceptors (Lipinski definition) is 3. The zero-order valence-corrected chi connectivity index (χ0v) is 11.5. The number of nitrogens with one attached hydrogen (secondary N) is 1. The molecule has 0 spiro atoms. The molecule has 0 atom stereocenters. The van der Waals surface area contributed by atoms with Gasteiger partial charge in [-0.25, -0.2) is 0 Å².